The van der Waals surface area contributed by atoms with Crippen molar-refractivity contribution >= 4 is 38.5 Å². The molecule has 2 aromatic carbocycles. The monoisotopic (exact) mass is 440 g/mol. The Morgan fingerprint density at radius 2 is 1.52 bits per heavy atom. The van der Waals surface area contributed by atoms with Crippen molar-refractivity contribution in [1.29, 1.82) is 0 Å². The SMILES string of the molecule is O=C1[C@@H]2[C@H](C(=O)N1c1nc3ccc(-c4ccc(C(F)(F)F)cc4)cc3s1)[C@@H]1C=C[C@H]2C1. The van der Waals surface area contributed by atoms with Gasteiger partial charge in [-0.2, -0.15) is 13.2 Å². The van der Waals surface area contributed by atoms with Crippen LogP contribution in [0, 0.1) is 23.7 Å². The molecule has 2 fully saturated rings. The summed E-state index contributed by atoms with van der Waals surface area (Å²) in [5, 5.41) is 0.364. The van der Waals surface area contributed by atoms with Crippen molar-refractivity contribution in [2.45, 2.75) is 12.6 Å². The number of fused-ring (bicyclic) bond motifs is 6. The molecule has 4 nitrogen and oxygen atoms in total. The number of allylic oxidation sites excluding steroid dienone is 2. The van der Waals surface area contributed by atoms with Crippen LogP contribution in [-0.2, 0) is 15.8 Å². The van der Waals surface area contributed by atoms with Crippen molar-refractivity contribution in [2.24, 2.45) is 23.7 Å². The van der Waals surface area contributed by atoms with Crippen molar-refractivity contribution in [3.8, 4) is 11.1 Å². The summed E-state index contributed by atoms with van der Waals surface area (Å²) >= 11 is 1.25. The third-order valence-electron chi connectivity index (χ3n) is 6.58. The van der Waals surface area contributed by atoms with Crippen molar-refractivity contribution < 1.29 is 22.8 Å². The minimum atomic E-state index is -4.38. The van der Waals surface area contributed by atoms with Gasteiger partial charge in [-0.1, -0.05) is 41.7 Å². The Balaban J connectivity index is 1.33. The van der Waals surface area contributed by atoms with Gasteiger partial charge in [0, 0.05) is 0 Å². The van der Waals surface area contributed by atoms with Crippen LogP contribution in [0.5, 0.6) is 0 Å². The van der Waals surface area contributed by atoms with Gasteiger partial charge in [-0.25, -0.2) is 9.88 Å². The zero-order valence-electron chi connectivity index (χ0n) is 16.0. The number of nitrogens with zero attached hydrogens (tertiary/aromatic N) is 2. The summed E-state index contributed by atoms with van der Waals surface area (Å²) in [4.78, 5) is 31.8. The molecule has 3 aromatic rings. The highest BCUT2D eigenvalue weighted by molar-refractivity contribution is 7.22. The molecule has 8 heteroatoms. The molecule has 2 aliphatic carbocycles. The van der Waals surface area contributed by atoms with E-state index in [1.54, 1.807) is 12.1 Å². The minimum Gasteiger partial charge on any atom is -0.274 e. The predicted molar refractivity (Wildman–Crippen MR) is 110 cm³/mol. The number of carbonyl (C=O) groups excluding carboxylic acids is 2. The number of thiazole rings is 1. The molecule has 2 amide bonds. The third-order valence-corrected chi connectivity index (χ3v) is 7.59. The molecule has 1 saturated heterocycles. The Labute approximate surface area is 179 Å². The number of amides is 2. The number of hydrogen-bond acceptors (Lipinski definition) is 4. The highest BCUT2D eigenvalue weighted by Gasteiger charge is 2.60. The number of halogens is 3. The average molecular weight is 440 g/mol. The number of aromatic nitrogens is 1. The van der Waals surface area contributed by atoms with Crippen molar-refractivity contribution in [2.75, 3.05) is 4.90 Å². The first-order valence-corrected chi connectivity index (χ1v) is 10.8. The summed E-state index contributed by atoms with van der Waals surface area (Å²) in [6.07, 6.45) is 0.596. The zero-order valence-corrected chi connectivity index (χ0v) is 16.8. The molecular formula is C23H15F3N2O2S. The van der Waals surface area contributed by atoms with E-state index in [-0.39, 0.29) is 35.5 Å². The summed E-state index contributed by atoms with van der Waals surface area (Å²) in [5.41, 5.74) is 1.34. The van der Waals surface area contributed by atoms with Gasteiger partial charge in [0.15, 0.2) is 5.13 Å². The molecule has 2 heterocycles. The fourth-order valence-electron chi connectivity index (χ4n) is 5.13. The van der Waals surface area contributed by atoms with Crippen LogP contribution in [0.4, 0.5) is 18.3 Å². The van der Waals surface area contributed by atoms with E-state index in [1.807, 2.05) is 6.07 Å². The van der Waals surface area contributed by atoms with Gasteiger partial charge in [-0.3, -0.25) is 9.59 Å². The van der Waals surface area contributed by atoms with E-state index in [2.05, 4.69) is 17.1 Å². The Morgan fingerprint density at radius 1 is 0.903 bits per heavy atom. The molecule has 2 bridgehead atoms. The number of benzene rings is 2. The molecule has 1 aliphatic heterocycles. The van der Waals surface area contributed by atoms with Crippen LogP contribution >= 0.6 is 11.3 Å². The number of imide groups is 1. The van der Waals surface area contributed by atoms with Crippen molar-refractivity contribution in [1.82, 2.24) is 4.98 Å². The lowest BCUT2D eigenvalue weighted by Gasteiger charge is -2.14. The van der Waals surface area contributed by atoms with Gasteiger partial charge in [-0.05, 0) is 53.6 Å². The molecular weight excluding hydrogens is 425 g/mol. The van der Waals surface area contributed by atoms with Gasteiger partial charge in [0.1, 0.15) is 0 Å². The van der Waals surface area contributed by atoms with E-state index >= 15 is 0 Å². The van der Waals surface area contributed by atoms with Gasteiger partial charge < -0.3 is 0 Å². The second-order valence-corrected chi connectivity index (χ2v) is 9.27. The Morgan fingerprint density at radius 3 is 2.13 bits per heavy atom. The first kappa shape index (κ1) is 18.7. The molecule has 1 saturated carbocycles. The quantitative estimate of drug-likeness (QED) is 0.402. The molecule has 156 valence electrons. The van der Waals surface area contributed by atoms with Crippen LogP contribution in [0.2, 0.25) is 0 Å². The normalized spacial score (nSPS) is 27.0. The first-order chi connectivity index (χ1) is 14.8. The molecule has 4 atom stereocenters. The fraction of sp³-hybridized carbons (Fsp3) is 0.261. The highest BCUT2D eigenvalue weighted by Crippen LogP contribution is 2.53. The molecule has 0 radical (unpaired) electrons. The van der Waals surface area contributed by atoms with Gasteiger partial charge in [-0.15, -0.1) is 0 Å². The molecule has 1 aromatic heterocycles. The third kappa shape index (κ3) is 2.70. The number of carbonyl (C=O) groups is 2. The molecule has 3 aliphatic rings. The Hall–Kier alpha value is -3.00. The second kappa shape index (κ2) is 6.26. The summed E-state index contributed by atoms with van der Waals surface area (Å²) in [6.45, 7) is 0. The smallest absolute Gasteiger partial charge is 0.274 e. The van der Waals surface area contributed by atoms with Crippen LogP contribution < -0.4 is 4.90 Å². The van der Waals surface area contributed by atoms with Crippen molar-refractivity contribution in [3.05, 3.63) is 60.2 Å². The standard InChI is InChI=1S/C23H15F3N2O2S/c24-23(25,26)15-6-3-11(4-7-15)12-5-8-16-17(10-12)31-22(27-16)28-20(29)18-13-1-2-14(9-13)19(18)21(28)30/h1-8,10,13-14,18-19H,9H2/t13-,14+,18-,19+. The maximum absolute atomic E-state index is 13.0. The summed E-state index contributed by atoms with van der Waals surface area (Å²) in [6, 6.07) is 10.4. The lowest BCUT2D eigenvalue weighted by Crippen LogP contribution is -2.32. The van der Waals surface area contributed by atoms with Crippen molar-refractivity contribution in [3.63, 3.8) is 0 Å². The average Bonchev–Trinajstić information content (AvgIpc) is 3.49. The molecule has 0 N–H and O–H groups in total. The van der Waals surface area contributed by atoms with E-state index in [1.165, 1.54) is 28.4 Å². The van der Waals surface area contributed by atoms with E-state index < -0.39 is 11.7 Å². The largest absolute Gasteiger partial charge is 0.416 e. The van der Waals surface area contributed by atoms with Crippen LogP contribution in [0.15, 0.2) is 54.6 Å². The molecule has 6 rings (SSSR count). The Kier molecular flexibility index (Phi) is 3.78. The molecule has 0 unspecified atom stereocenters. The Bertz CT molecular complexity index is 1250. The lowest BCUT2D eigenvalue weighted by atomic mass is 9.85. The van der Waals surface area contributed by atoms with Gasteiger partial charge in [0.05, 0.1) is 27.6 Å². The number of alkyl halides is 3. The van der Waals surface area contributed by atoms with Gasteiger partial charge >= 0.3 is 6.18 Å². The minimum absolute atomic E-state index is 0.136. The lowest BCUT2D eigenvalue weighted by molar-refractivity contribution is -0.137. The predicted octanol–water partition coefficient (Wildman–Crippen LogP) is 5.29. The maximum Gasteiger partial charge on any atom is 0.416 e. The second-order valence-electron chi connectivity index (χ2n) is 8.27. The topological polar surface area (TPSA) is 50.3 Å². The zero-order chi connectivity index (χ0) is 21.5. The maximum atomic E-state index is 13.0. The van der Waals surface area contributed by atoms with Gasteiger partial charge in [0.25, 0.3) is 0 Å². The van der Waals surface area contributed by atoms with Crippen LogP contribution in [0.25, 0.3) is 21.3 Å². The van der Waals surface area contributed by atoms with Crippen LogP contribution in [0.1, 0.15) is 12.0 Å². The number of hydrogen-bond donors (Lipinski definition) is 0. The van der Waals surface area contributed by atoms with Crippen LogP contribution in [0.3, 0.4) is 0 Å². The van der Waals surface area contributed by atoms with E-state index in [0.717, 1.165) is 28.8 Å². The first-order valence-electron chi connectivity index (χ1n) is 9.95. The summed E-state index contributed by atoms with van der Waals surface area (Å²) in [5.74, 6) is -0.633. The van der Waals surface area contributed by atoms with Gasteiger partial charge in [0.2, 0.25) is 11.8 Å². The van der Waals surface area contributed by atoms with Crippen LogP contribution in [-0.4, -0.2) is 16.8 Å². The summed E-state index contributed by atoms with van der Waals surface area (Å²) in [7, 11) is 0. The van der Waals surface area contributed by atoms with E-state index in [0.29, 0.717) is 16.2 Å². The molecule has 0 spiro atoms. The summed E-state index contributed by atoms with van der Waals surface area (Å²) < 4.78 is 39.2. The van der Waals surface area contributed by atoms with E-state index in [9.17, 15) is 22.8 Å². The molecule has 31 heavy (non-hydrogen) atoms. The number of anilines is 1. The fourth-order valence-corrected chi connectivity index (χ4v) is 6.15. The highest BCUT2D eigenvalue weighted by atomic mass is 32.1. The number of rotatable bonds is 2. The van der Waals surface area contributed by atoms with E-state index in [4.69, 9.17) is 0 Å².